The van der Waals surface area contributed by atoms with Gasteiger partial charge in [0.2, 0.25) is 11.8 Å². The quantitative estimate of drug-likeness (QED) is 0.658. The highest BCUT2D eigenvalue weighted by Crippen LogP contribution is 2.25. The normalized spacial score (nSPS) is 10.6. The van der Waals surface area contributed by atoms with E-state index in [0.29, 0.717) is 22.7 Å². The molecule has 0 saturated heterocycles. The summed E-state index contributed by atoms with van der Waals surface area (Å²) in [7, 11) is 0. The van der Waals surface area contributed by atoms with E-state index in [1.807, 2.05) is 43.3 Å². The average molecular weight is 374 g/mol. The number of hydrogen-bond donors (Lipinski definition) is 1. The highest BCUT2D eigenvalue weighted by molar-refractivity contribution is 7.99. The van der Waals surface area contributed by atoms with E-state index in [9.17, 15) is 4.79 Å². The Bertz CT molecular complexity index is 865. The molecule has 7 heteroatoms. The Hall–Kier alpha value is -2.31. The van der Waals surface area contributed by atoms with Crippen LogP contribution in [0, 0.1) is 6.92 Å². The minimum absolute atomic E-state index is 0.101. The number of thioether (sulfide) groups is 1. The molecule has 0 spiro atoms. The first-order valence-corrected chi connectivity index (χ1v) is 9.01. The Kier molecular flexibility index (Phi) is 5.73. The van der Waals surface area contributed by atoms with E-state index in [4.69, 9.17) is 16.0 Å². The molecule has 3 aromatic rings. The lowest BCUT2D eigenvalue weighted by Gasteiger charge is -2.04. The number of carbonyl (C=O) groups excluding carboxylic acids is 1. The van der Waals surface area contributed by atoms with E-state index in [1.54, 1.807) is 12.1 Å². The predicted octanol–water partition coefficient (Wildman–Crippen LogP) is 4.11. The SMILES string of the molecule is Cc1ccccc1-c1nnc(SCC(=O)NCc2ccc(Cl)cc2)o1. The van der Waals surface area contributed by atoms with Crippen LogP contribution in [-0.2, 0) is 11.3 Å². The van der Waals surface area contributed by atoms with Crippen LogP contribution in [0.4, 0.5) is 0 Å². The molecule has 1 aromatic heterocycles. The fraction of sp³-hybridized carbons (Fsp3) is 0.167. The number of amides is 1. The molecule has 2 aromatic carbocycles. The van der Waals surface area contributed by atoms with Gasteiger partial charge < -0.3 is 9.73 Å². The first-order valence-electron chi connectivity index (χ1n) is 7.65. The Labute approximate surface area is 154 Å². The first-order chi connectivity index (χ1) is 12.1. The van der Waals surface area contributed by atoms with Gasteiger partial charge in [0.05, 0.1) is 5.75 Å². The summed E-state index contributed by atoms with van der Waals surface area (Å²) in [6.07, 6.45) is 0. The van der Waals surface area contributed by atoms with Crippen LogP contribution in [0.3, 0.4) is 0 Å². The van der Waals surface area contributed by atoms with E-state index in [2.05, 4.69) is 15.5 Å². The molecule has 0 aliphatic heterocycles. The third-order valence-corrected chi connectivity index (χ3v) is 4.58. The van der Waals surface area contributed by atoms with E-state index in [0.717, 1.165) is 16.7 Å². The molecule has 25 heavy (non-hydrogen) atoms. The van der Waals surface area contributed by atoms with E-state index in [1.165, 1.54) is 11.8 Å². The van der Waals surface area contributed by atoms with Gasteiger partial charge in [-0.3, -0.25) is 4.79 Å². The van der Waals surface area contributed by atoms with Crippen LogP contribution in [-0.4, -0.2) is 21.9 Å². The molecule has 0 radical (unpaired) electrons. The third-order valence-electron chi connectivity index (χ3n) is 3.51. The van der Waals surface area contributed by atoms with Crippen molar-refractivity contribution in [3.8, 4) is 11.5 Å². The molecule has 0 fully saturated rings. The number of halogens is 1. The van der Waals surface area contributed by atoms with Gasteiger partial charge in [0.15, 0.2) is 0 Å². The van der Waals surface area contributed by atoms with Gasteiger partial charge in [-0.05, 0) is 36.2 Å². The van der Waals surface area contributed by atoms with Gasteiger partial charge >= 0.3 is 0 Å². The maximum Gasteiger partial charge on any atom is 0.277 e. The van der Waals surface area contributed by atoms with Gasteiger partial charge in [-0.1, -0.05) is 53.7 Å². The number of nitrogens with one attached hydrogen (secondary N) is 1. The van der Waals surface area contributed by atoms with Gasteiger partial charge in [0, 0.05) is 17.1 Å². The lowest BCUT2D eigenvalue weighted by Crippen LogP contribution is -2.24. The first kappa shape index (κ1) is 17.5. The van der Waals surface area contributed by atoms with Crippen molar-refractivity contribution >= 4 is 29.3 Å². The zero-order valence-electron chi connectivity index (χ0n) is 13.5. The summed E-state index contributed by atoms with van der Waals surface area (Å²) >= 11 is 7.05. The second kappa shape index (κ2) is 8.18. The average Bonchev–Trinajstić information content (AvgIpc) is 3.08. The highest BCUT2D eigenvalue weighted by atomic mass is 35.5. The second-order valence-electron chi connectivity index (χ2n) is 5.38. The van der Waals surface area contributed by atoms with Crippen molar-refractivity contribution < 1.29 is 9.21 Å². The van der Waals surface area contributed by atoms with Crippen molar-refractivity contribution in [2.24, 2.45) is 0 Å². The maximum absolute atomic E-state index is 11.9. The van der Waals surface area contributed by atoms with Gasteiger partial charge in [-0.25, -0.2) is 0 Å². The molecule has 0 aliphatic rings. The Morgan fingerprint density at radius 1 is 1.16 bits per heavy atom. The number of aromatic nitrogens is 2. The number of nitrogens with zero attached hydrogens (tertiary/aromatic N) is 2. The summed E-state index contributed by atoms with van der Waals surface area (Å²) in [5.74, 6) is 0.570. The summed E-state index contributed by atoms with van der Waals surface area (Å²) in [6.45, 7) is 2.44. The van der Waals surface area contributed by atoms with Crippen LogP contribution in [0.5, 0.6) is 0 Å². The minimum Gasteiger partial charge on any atom is -0.411 e. The van der Waals surface area contributed by atoms with E-state index < -0.39 is 0 Å². The van der Waals surface area contributed by atoms with Crippen LogP contribution in [0.15, 0.2) is 58.2 Å². The zero-order chi connectivity index (χ0) is 17.6. The zero-order valence-corrected chi connectivity index (χ0v) is 15.1. The lowest BCUT2D eigenvalue weighted by atomic mass is 10.1. The van der Waals surface area contributed by atoms with Crippen molar-refractivity contribution in [2.45, 2.75) is 18.7 Å². The summed E-state index contributed by atoms with van der Waals surface area (Å²) in [6, 6.07) is 15.1. The molecule has 0 saturated carbocycles. The van der Waals surface area contributed by atoms with Gasteiger partial charge in [0.1, 0.15) is 0 Å². The Balaban J connectivity index is 1.51. The summed E-state index contributed by atoms with van der Waals surface area (Å²) in [5.41, 5.74) is 2.94. The highest BCUT2D eigenvalue weighted by Gasteiger charge is 2.12. The number of rotatable bonds is 6. The van der Waals surface area contributed by atoms with Gasteiger partial charge in [-0.15, -0.1) is 10.2 Å². The van der Waals surface area contributed by atoms with Crippen molar-refractivity contribution in [1.29, 1.82) is 0 Å². The molecule has 0 aliphatic carbocycles. The Morgan fingerprint density at radius 2 is 1.92 bits per heavy atom. The molecule has 0 unspecified atom stereocenters. The largest absolute Gasteiger partial charge is 0.411 e. The van der Waals surface area contributed by atoms with Crippen molar-refractivity contribution in [3.63, 3.8) is 0 Å². The fourth-order valence-corrected chi connectivity index (χ4v) is 2.89. The van der Waals surface area contributed by atoms with Crippen LogP contribution in [0.25, 0.3) is 11.5 Å². The van der Waals surface area contributed by atoms with Crippen molar-refractivity contribution in [3.05, 3.63) is 64.7 Å². The topological polar surface area (TPSA) is 68.0 Å². The molecule has 1 N–H and O–H groups in total. The molecule has 1 heterocycles. The smallest absolute Gasteiger partial charge is 0.277 e. The molecule has 1 amide bonds. The van der Waals surface area contributed by atoms with Crippen LogP contribution >= 0.6 is 23.4 Å². The van der Waals surface area contributed by atoms with Crippen LogP contribution in [0.1, 0.15) is 11.1 Å². The standard InChI is InChI=1S/C18H16ClN3O2S/c1-12-4-2-3-5-15(12)17-21-22-18(24-17)25-11-16(23)20-10-13-6-8-14(19)9-7-13/h2-9H,10-11H2,1H3,(H,20,23). The lowest BCUT2D eigenvalue weighted by molar-refractivity contribution is -0.118. The van der Waals surface area contributed by atoms with Crippen LogP contribution in [0.2, 0.25) is 5.02 Å². The summed E-state index contributed by atoms with van der Waals surface area (Å²) in [5, 5.41) is 11.9. The maximum atomic E-state index is 11.9. The van der Waals surface area contributed by atoms with Gasteiger partial charge in [-0.2, -0.15) is 0 Å². The molecule has 0 atom stereocenters. The molecule has 5 nitrogen and oxygen atoms in total. The van der Waals surface area contributed by atoms with Crippen LogP contribution < -0.4 is 5.32 Å². The molecular weight excluding hydrogens is 358 g/mol. The monoisotopic (exact) mass is 373 g/mol. The Morgan fingerprint density at radius 3 is 2.68 bits per heavy atom. The summed E-state index contributed by atoms with van der Waals surface area (Å²) < 4.78 is 5.62. The molecule has 3 rings (SSSR count). The fourth-order valence-electron chi connectivity index (χ4n) is 2.17. The molecule has 128 valence electrons. The molecule has 0 bridgehead atoms. The minimum atomic E-state index is -0.101. The van der Waals surface area contributed by atoms with E-state index in [-0.39, 0.29) is 11.7 Å². The van der Waals surface area contributed by atoms with Gasteiger partial charge in [0.25, 0.3) is 5.22 Å². The number of hydrogen-bond acceptors (Lipinski definition) is 5. The van der Waals surface area contributed by atoms with Crippen molar-refractivity contribution in [2.75, 3.05) is 5.75 Å². The predicted molar refractivity (Wildman–Crippen MR) is 98.5 cm³/mol. The van der Waals surface area contributed by atoms with Crippen molar-refractivity contribution in [1.82, 2.24) is 15.5 Å². The van der Waals surface area contributed by atoms with E-state index >= 15 is 0 Å². The number of benzene rings is 2. The third kappa shape index (κ3) is 4.84. The summed E-state index contributed by atoms with van der Waals surface area (Å²) in [4.78, 5) is 11.9. The molecular formula is C18H16ClN3O2S. The second-order valence-corrected chi connectivity index (χ2v) is 6.74. The number of carbonyl (C=O) groups is 1. The number of aryl methyl sites for hydroxylation is 1.